The van der Waals surface area contributed by atoms with Gasteiger partial charge in [-0.1, -0.05) is 35.5 Å². The molecule has 1 amide bonds. The number of nitrogens with two attached hydrogens (primary N) is 1. The summed E-state index contributed by atoms with van der Waals surface area (Å²) in [5, 5.41) is 3.93. The van der Waals surface area contributed by atoms with Gasteiger partial charge in [-0.25, -0.2) is 14.4 Å². The van der Waals surface area contributed by atoms with Crippen molar-refractivity contribution in [3.05, 3.63) is 47.7 Å². The van der Waals surface area contributed by atoms with E-state index in [0.717, 1.165) is 11.6 Å². The van der Waals surface area contributed by atoms with Crippen molar-refractivity contribution in [2.75, 3.05) is 45.4 Å². The number of hydrogen-bond acceptors (Lipinski definition) is 9. The number of rotatable bonds is 13. The van der Waals surface area contributed by atoms with E-state index >= 15 is 0 Å². The number of carbonyl (C=O) groups is 3. The Morgan fingerprint density at radius 3 is 2.38 bits per heavy atom. The number of likely N-dealkylation sites (tertiary alicyclic amines) is 1. The van der Waals surface area contributed by atoms with E-state index < -0.39 is 29.2 Å². The minimum Gasteiger partial charge on any atom is -0.463 e. The smallest absolute Gasteiger partial charge is 0.410 e. The first kappa shape index (κ1) is 29.9. The molecule has 11 nitrogen and oxygen atoms in total. The Labute approximate surface area is 221 Å². The zero-order valence-electron chi connectivity index (χ0n) is 21.2. The molecule has 0 radical (unpaired) electrons. The Morgan fingerprint density at radius 1 is 1.08 bits per heavy atom. The maximum atomic E-state index is 12.6. The quantitative estimate of drug-likeness (QED) is 0.0461. The van der Waals surface area contributed by atoms with Gasteiger partial charge in [0.1, 0.15) is 12.4 Å². The Balaban J connectivity index is 2.11. The molecule has 1 aromatic carbocycles. The third-order valence-corrected chi connectivity index (χ3v) is 5.74. The number of esters is 2. The number of alkyl halides is 1. The Kier molecular flexibility index (Phi) is 12.7. The van der Waals surface area contributed by atoms with E-state index in [1.165, 1.54) is 0 Å². The van der Waals surface area contributed by atoms with Crippen LogP contribution in [-0.2, 0) is 40.0 Å². The summed E-state index contributed by atoms with van der Waals surface area (Å²) in [6, 6.07) is 9.39. The highest BCUT2D eigenvalue weighted by Gasteiger charge is 2.41. The van der Waals surface area contributed by atoms with Crippen molar-refractivity contribution in [1.29, 1.82) is 0 Å². The van der Waals surface area contributed by atoms with Gasteiger partial charge in [0.15, 0.2) is 0 Å². The molecule has 0 bridgehead atoms. The maximum Gasteiger partial charge on any atom is 0.410 e. The molecule has 0 aliphatic carbocycles. The molecule has 1 heterocycles. The van der Waals surface area contributed by atoms with Gasteiger partial charge in [-0.05, 0) is 32.3 Å². The van der Waals surface area contributed by atoms with Gasteiger partial charge in [-0.15, -0.1) is 11.6 Å². The van der Waals surface area contributed by atoms with Gasteiger partial charge >= 0.3 is 18.0 Å². The largest absolute Gasteiger partial charge is 0.463 e. The molecular weight excluding hydrogens is 506 g/mol. The number of nitrogens with zero attached hydrogens (tertiary/aromatic N) is 2. The number of carbonyl (C=O) groups excluding carboxylic acids is 3. The average Bonchev–Trinajstić information content (AvgIpc) is 2.90. The van der Waals surface area contributed by atoms with Gasteiger partial charge < -0.3 is 34.4 Å². The predicted molar refractivity (Wildman–Crippen MR) is 135 cm³/mol. The van der Waals surface area contributed by atoms with Crippen LogP contribution in [0.3, 0.4) is 0 Å². The molecular formula is C25H34ClN3O8. The fraction of sp³-hybridized carbons (Fsp3) is 0.520. The molecule has 0 aromatic heterocycles. The van der Waals surface area contributed by atoms with E-state index in [1.807, 2.05) is 30.3 Å². The summed E-state index contributed by atoms with van der Waals surface area (Å²) in [5.74, 6) is -1.82. The van der Waals surface area contributed by atoms with Gasteiger partial charge in [0.05, 0.1) is 37.9 Å². The SMILES string of the molecule is CCOC(=O)/C=C(/ON=C(N)C1(COCCCl)CCN(C(=O)OCc2ccccc2)CC1)C(=O)OCC. The van der Waals surface area contributed by atoms with Crippen molar-refractivity contribution >= 4 is 35.5 Å². The summed E-state index contributed by atoms with van der Waals surface area (Å²) < 4.78 is 20.8. The van der Waals surface area contributed by atoms with Crippen molar-refractivity contribution in [3.63, 3.8) is 0 Å². The van der Waals surface area contributed by atoms with Crippen LogP contribution in [-0.4, -0.2) is 74.2 Å². The molecule has 1 aliphatic heterocycles. The number of amidine groups is 1. The molecule has 0 atom stereocenters. The minimum absolute atomic E-state index is 0.0402. The summed E-state index contributed by atoms with van der Waals surface area (Å²) >= 11 is 5.75. The highest BCUT2D eigenvalue weighted by atomic mass is 35.5. The van der Waals surface area contributed by atoms with Gasteiger partial charge in [0, 0.05) is 19.0 Å². The average molecular weight is 540 g/mol. The lowest BCUT2D eigenvalue weighted by atomic mass is 9.78. The monoisotopic (exact) mass is 539 g/mol. The van der Waals surface area contributed by atoms with E-state index in [9.17, 15) is 14.4 Å². The standard InChI is InChI=1S/C25H34ClN3O8/c1-3-34-21(30)16-20(22(31)35-4-2)37-28-23(27)25(18-33-15-12-26)10-13-29(14-11-25)24(32)36-17-19-8-6-5-7-9-19/h5-9,16H,3-4,10-15,17-18H2,1-2H3,(H2,27,28)/b20-16+. The lowest BCUT2D eigenvalue weighted by Gasteiger charge is -2.40. The van der Waals surface area contributed by atoms with Gasteiger partial charge in [0.2, 0.25) is 5.76 Å². The van der Waals surface area contributed by atoms with Crippen LogP contribution in [0.15, 0.2) is 47.3 Å². The number of halogens is 1. The Hall–Kier alpha value is -3.31. The van der Waals surface area contributed by atoms with Crippen LogP contribution in [0.5, 0.6) is 0 Å². The van der Waals surface area contributed by atoms with Crippen molar-refractivity contribution in [2.24, 2.45) is 16.3 Å². The third kappa shape index (κ3) is 9.58. The molecule has 37 heavy (non-hydrogen) atoms. The van der Waals surface area contributed by atoms with Crippen LogP contribution in [0.1, 0.15) is 32.3 Å². The molecule has 2 N–H and O–H groups in total. The number of oxime groups is 1. The Morgan fingerprint density at radius 2 is 1.76 bits per heavy atom. The summed E-state index contributed by atoms with van der Waals surface area (Å²) in [7, 11) is 0. The van der Waals surface area contributed by atoms with Gasteiger partial charge in [0.25, 0.3) is 0 Å². The Bertz CT molecular complexity index is 947. The first-order valence-corrected chi connectivity index (χ1v) is 12.5. The van der Waals surface area contributed by atoms with Crippen molar-refractivity contribution < 1.29 is 38.2 Å². The van der Waals surface area contributed by atoms with Crippen LogP contribution in [0.2, 0.25) is 0 Å². The number of ether oxygens (including phenoxy) is 4. The summed E-state index contributed by atoms with van der Waals surface area (Å²) in [5.41, 5.74) is 6.40. The molecule has 1 saturated heterocycles. The first-order valence-electron chi connectivity index (χ1n) is 12.0. The van der Waals surface area contributed by atoms with Crippen LogP contribution < -0.4 is 5.73 Å². The molecule has 0 saturated carbocycles. The number of benzene rings is 1. The molecule has 204 valence electrons. The zero-order valence-corrected chi connectivity index (χ0v) is 21.9. The second-order valence-electron chi connectivity index (χ2n) is 8.10. The molecule has 0 spiro atoms. The molecule has 1 aromatic rings. The predicted octanol–water partition coefficient (Wildman–Crippen LogP) is 2.96. The van der Waals surface area contributed by atoms with E-state index in [0.29, 0.717) is 25.9 Å². The normalized spacial score (nSPS) is 15.6. The maximum absolute atomic E-state index is 12.6. The number of amides is 1. The van der Waals surface area contributed by atoms with Crippen LogP contribution in [0.4, 0.5) is 4.79 Å². The van der Waals surface area contributed by atoms with Crippen LogP contribution >= 0.6 is 11.6 Å². The zero-order chi connectivity index (χ0) is 27.1. The van der Waals surface area contributed by atoms with Crippen LogP contribution in [0, 0.1) is 5.41 Å². The second-order valence-corrected chi connectivity index (χ2v) is 8.48. The second kappa shape index (κ2) is 15.7. The number of piperidine rings is 1. The number of hydrogen-bond donors (Lipinski definition) is 1. The summed E-state index contributed by atoms with van der Waals surface area (Å²) in [6.45, 7) is 4.70. The lowest BCUT2D eigenvalue weighted by molar-refractivity contribution is -0.144. The molecule has 0 unspecified atom stereocenters. The molecule has 1 fully saturated rings. The third-order valence-electron chi connectivity index (χ3n) is 5.58. The van der Waals surface area contributed by atoms with E-state index in [-0.39, 0.29) is 44.8 Å². The van der Waals surface area contributed by atoms with Crippen molar-refractivity contribution in [2.45, 2.75) is 33.3 Å². The van der Waals surface area contributed by atoms with Crippen molar-refractivity contribution in [3.8, 4) is 0 Å². The fourth-order valence-electron chi connectivity index (χ4n) is 3.54. The molecule has 1 aliphatic rings. The minimum atomic E-state index is -0.893. The lowest BCUT2D eigenvalue weighted by Crippen LogP contribution is -2.51. The van der Waals surface area contributed by atoms with Crippen molar-refractivity contribution in [1.82, 2.24) is 4.90 Å². The summed E-state index contributed by atoms with van der Waals surface area (Å²) in [6.07, 6.45) is 1.20. The van der Waals surface area contributed by atoms with E-state index in [1.54, 1.807) is 18.7 Å². The van der Waals surface area contributed by atoms with Gasteiger partial charge in [-0.2, -0.15) is 0 Å². The van der Waals surface area contributed by atoms with E-state index in [4.69, 9.17) is 41.1 Å². The highest BCUT2D eigenvalue weighted by molar-refractivity contribution is 6.17. The van der Waals surface area contributed by atoms with Crippen LogP contribution in [0.25, 0.3) is 0 Å². The first-order chi connectivity index (χ1) is 17.8. The fourth-order valence-corrected chi connectivity index (χ4v) is 3.64. The molecule has 12 heteroatoms. The summed E-state index contributed by atoms with van der Waals surface area (Å²) in [4.78, 5) is 43.5. The van der Waals surface area contributed by atoms with E-state index in [2.05, 4.69) is 5.16 Å². The molecule has 2 rings (SSSR count). The highest BCUT2D eigenvalue weighted by Crippen LogP contribution is 2.33. The topological polar surface area (TPSA) is 139 Å². The van der Waals surface area contributed by atoms with Gasteiger partial charge in [-0.3, -0.25) is 0 Å².